The number of nitrogens with one attached hydrogen (secondary N) is 3. The number of guanidine groups is 1. The van der Waals surface area contributed by atoms with Crippen molar-refractivity contribution in [3.8, 4) is 0 Å². The van der Waals surface area contributed by atoms with Crippen molar-refractivity contribution in [2.45, 2.75) is 30.7 Å². The maximum absolute atomic E-state index is 13.3. The molecule has 0 aromatic heterocycles. The number of sulfonamides is 1. The molecule has 0 radical (unpaired) electrons. The minimum Gasteiger partial charge on any atom is -0.356 e. The average molecular weight is 569 g/mol. The fourth-order valence-electron chi connectivity index (χ4n) is 2.75. The van der Waals surface area contributed by atoms with E-state index in [0.717, 1.165) is 11.1 Å². The number of hydrogen-bond acceptors (Lipinski definition) is 3. The molecule has 166 valence electrons. The van der Waals surface area contributed by atoms with Gasteiger partial charge in [0.05, 0.1) is 4.90 Å². The largest absolute Gasteiger partial charge is 0.356 e. The second-order valence-electron chi connectivity index (χ2n) is 7.14. The summed E-state index contributed by atoms with van der Waals surface area (Å²) in [7, 11) is -0.411. The molecule has 0 aliphatic heterocycles. The number of halogens is 3. The Balaban J connectivity index is 0.00000450. The van der Waals surface area contributed by atoms with Crippen LogP contribution in [0.5, 0.6) is 0 Å². The summed E-state index contributed by atoms with van der Waals surface area (Å²) in [6.45, 7) is 5.01. The van der Waals surface area contributed by atoms with Crippen LogP contribution < -0.4 is 15.4 Å². The highest BCUT2D eigenvalue weighted by Crippen LogP contribution is 2.29. The lowest BCUT2D eigenvalue weighted by Crippen LogP contribution is -2.43. The second kappa shape index (κ2) is 11.3. The van der Waals surface area contributed by atoms with E-state index in [-0.39, 0.29) is 40.1 Å². The quantitative estimate of drug-likeness (QED) is 0.271. The predicted octanol–water partition coefficient (Wildman–Crippen LogP) is 3.65. The highest BCUT2D eigenvalue weighted by molar-refractivity contribution is 14.0. The van der Waals surface area contributed by atoms with E-state index in [1.807, 2.05) is 13.8 Å². The molecule has 10 heteroatoms. The third-order valence-corrected chi connectivity index (χ3v) is 6.29. The molecule has 0 unspecified atom stereocenters. The van der Waals surface area contributed by atoms with Crippen LogP contribution in [0.4, 0.5) is 4.39 Å². The summed E-state index contributed by atoms with van der Waals surface area (Å²) in [5.74, 6) is 0.219. The lowest BCUT2D eigenvalue weighted by Gasteiger charge is -2.27. The Kier molecular flexibility index (Phi) is 9.99. The molecule has 0 saturated carbocycles. The summed E-state index contributed by atoms with van der Waals surface area (Å²) in [5, 5.41) is 6.82. The lowest BCUT2D eigenvalue weighted by atomic mass is 9.84. The molecule has 3 N–H and O–H groups in total. The monoisotopic (exact) mass is 568 g/mol. The highest BCUT2D eigenvalue weighted by Gasteiger charge is 2.24. The molecule has 0 bridgehead atoms. The number of rotatable bonds is 7. The summed E-state index contributed by atoms with van der Waals surface area (Å²) in [4.78, 5) is 4.41. The van der Waals surface area contributed by atoms with E-state index in [1.54, 1.807) is 37.4 Å². The standard InChI is InChI=1S/C20H26ClFN4O2S.HI/c1-20(2,17-10-7-15(22)11-18(17)21)13-26-19(23-3)25-12-14-5-8-16(9-6-14)29(27,28)24-4;/h5-11,24H,12-13H2,1-4H3,(H2,23,25,26);1H. The molecule has 0 atom stereocenters. The van der Waals surface area contributed by atoms with Gasteiger partial charge in [-0.2, -0.15) is 0 Å². The van der Waals surface area contributed by atoms with Crippen LogP contribution in [0.2, 0.25) is 5.02 Å². The molecular weight excluding hydrogens is 542 g/mol. The molecule has 0 heterocycles. The van der Waals surface area contributed by atoms with Crippen LogP contribution in [0, 0.1) is 5.82 Å². The fourth-order valence-corrected chi connectivity index (χ4v) is 3.90. The van der Waals surface area contributed by atoms with Crippen LogP contribution in [0.15, 0.2) is 52.4 Å². The Labute approximate surface area is 199 Å². The minimum absolute atomic E-state index is 0. The zero-order valence-electron chi connectivity index (χ0n) is 17.3. The Morgan fingerprint density at radius 3 is 2.30 bits per heavy atom. The molecule has 0 aliphatic rings. The van der Waals surface area contributed by atoms with Gasteiger partial charge in [-0.05, 0) is 42.4 Å². The van der Waals surface area contributed by atoms with E-state index >= 15 is 0 Å². The summed E-state index contributed by atoms with van der Waals surface area (Å²) in [5.41, 5.74) is 1.39. The van der Waals surface area contributed by atoms with Crippen molar-refractivity contribution in [3.63, 3.8) is 0 Å². The van der Waals surface area contributed by atoms with E-state index in [4.69, 9.17) is 11.6 Å². The molecule has 2 rings (SSSR count). The molecule has 30 heavy (non-hydrogen) atoms. The van der Waals surface area contributed by atoms with Gasteiger partial charge in [0.25, 0.3) is 0 Å². The van der Waals surface area contributed by atoms with Crippen LogP contribution in [0.1, 0.15) is 25.0 Å². The number of nitrogens with zero attached hydrogens (tertiary/aromatic N) is 1. The fraction of sp³-hybridized carbons (Fsp3) is 0.350. The van der Waals surface area contributed by atoms with Crippen LogP contribution in [0.25, 0.3) is 0 Å². The molecule has 0 amide bonds. The van der Waals surface area contributed by atoms with Crippen LogP contribution in [-0.4, -0.2) is 35.0 Å². The third-order valence-electron chi connectivity index (χ3n) is 4.54. The van der Waals surface area contributed by atoms with Gasteiger partial charge >= 0.3 is 0 Å². The summed E-state index contributed by atoms with van der Waals surface area (Å²) in [6.07, 6.45) is 0. The van der Waals surface area contributed by atoms with Crippen LogP contribution >= 0.6 is 35.6 Å². The van der Waals surface area contributed by atoms with Crippen molar-refractivity contribution in [2.75, 3.05) is 20.6 Å². The zero-order chi connectivity index (χ0) is 21.7. The Bertz CT molecular complexity index is 983. The number of hydrogen-bond donors (Lipinski definition) is 3. The van der Waals surface area contributed by atoms with Crippen molar-refractivity contribution >= 4 is 51.6 Å². The smallest absolute Gasteiger partial charge is 0.240 e. The average Bonchev–Trinajstić information content (AvgIpc) is 2.68. The first-order valence-electron chi connectivity index (χ1n) is 9.01. The highest BCUT2D eigenvalue weighted by atomic mass is 127. The number of aliphatic imine (C=N–C) groups is 1. The summed E-state index contributed by atoms with van der Waals surface area (Å²) >= 11 is 6.20. The van der Waals surface area contributed by atoms with Gasteiger partial charge in [0.2, 0.25) is 10.0 Å². The van der Waals surface area contributed by atoms with Gasteiger partial charge in [0, 0.05) is 30.6 Å². The maximum atomic E-state index is 13.3. The van der Waals surface area contributed by atoms with Crippen LogP contribution in [-0.2, 0) is 22.0 Å². The first kappa shape index (κ1) is 26.6. The van der Waals surface area contributed by atoms with Gasteiger partial charge in [0.15, 0.2) is 5.96 Å². The molecular formula is C20H27ClFIN4O2S. The van der Waals surface area contributed by atoms with E-state index in [9.17, 15) is 12.8 Å². The molecule has 0 fully saturated rings. The topological polar surface area (TPSA) is 82.6 Å². The molecule has 0 aliphatic carbocycles. The van der Waals surface area contributed by atoms with Crippen LogP contribution in [0.3, 0.4) is 0 Å². The normalized spacial score (nSPS) is 12.3. The second-order valence-corrected chi connectivity index (χ2v) is 9.43. The van der Waals surface area contributed by atoms with Crippen molar-refractivity contribution in [3.05, 3.63) is 64.4 Å². The van der Waals surface area contributed by atoms with Crippen molar-refractivity contribution in [1.29, 1.82) is 0 Å². The summed E-state index contributed by atoms with van der Waals surface area (Å²) < 4.78 is 39.1. The first-order chi connectivity index (χ1) is 13.6. The van der Waals surface area contributed by atoms with Gasteiger partial charge in [0.1, 0.15) is 5.82 Å². The molecule has 0 spiro atoms. The maximum Gasteiger partial charge on any atom is 0.240 e. The predicted molar refractivity (Wildman–Crippen MR) is 131 cm³/mol. The van der Waals surface area contributed by atoms with Crippen molar-refractivity contribution in [1.82, 2.24) is 15.4 Å². The Morgan fingerprint density at radius 2 is 1.77 bits per heavy atom. The van der Waals surface area contributed by atoms with Crippen molar-refractivity contribution in [2.24, 2.45) is 4.99 Å². The lowest BCUT2D eigenvalue weighted by molar-refractivity contribution is 0.507. The zero-order valence-corrected chi connectivity index (χ0v) is 21.2. The van der Waals surface area contributed by atoms with E-state index in [0.29, 0.717) is 24.1 Å². The third kappa shape index (κ3) is 7.07. The van der Waals surface area contributed by atoms with E-state index in [1.165, 1.54) is 19.2 Å². The van der Waals surface area contributed by atoms with Gasteiger partial charge in [-0.1, -0.05) is 43.6 Å². The summed E-state index contributed by atoms with van der Waals surface area (Å²) in [6, 6.07) is 11.0. The van der Waals surface area contributed by atoms with Crippen molar-refractivity contribution < 1.29 is 12.8 Å². The first-order valence-corrected chi connectivity index (χ1v) is 10.9. The number of benzene rings is 2. The molecule has 0 saturated heterocycles. The van der Waals surface area contributed by atoms with E-state index < -0.39 is 10.0 Å². The Hall–Kier alpha value is -1.43. The van der Waals surface area contributed by atoms with Gasteiger partial charge < -0.3 is 10.6 Å². The van der Waals surface area contributed by atoms with E-state index in [2.05, 4.69) is 20.3 Å². The van der Waals surface area contributed by atoms with Gasteiger partial charge in [-0.15, -0.1) is 24.0 Å². The molecule has 2 aromatic rings. The Morgan fingerprint density at radius 1 is 1.13 bits per heavy atom. The SMILES string of the molecule is CN=C(NCc1ccc(S(=O)(=O)NC)cc1)NCC(C)(C)c1ccc(F)cc1Cl.I. The van der Waals surface area contributed by atoms with Gasteiger partial charge in [-0.25, -0.2) is 17.5 Å². The molecule has 6 nitrogen and oxygen atoms in total. The molecule has 2 aromatic carbocycles. The minimum atomic E-state index is -3.45. The van der Waals surface area contributed by atoms with Gasteiger partial charge in [-0.3, -0.25) is 4.99 Å².